The van der Waals surface area contributed by atoms with E-state index < -0.39 is 10.0 Å². The van der Waals surface area contributed by atoms with Gasteiger partial charge >= 0.3 is 0 Å². The summed E-state index contributed by atoms with van der Waals surface area (Å²) in [4.78, 5) is 6.77. The van der Waals surface area contributed by atoms with Crippen LogP contribution in [0.2, 0.25) is 5.15 Å². The number of hydrogen-bond donors (Lipinski definition) is 2. The molecule has 0 bridgehead atoms. The Kier molecular flexibility index (Phi) is 6.89. The van der Waals surface area contributed by atoms with Gasteiger partial charge in [0.2, 0.25) is 16.0 Å². The molecule has 0 spiro atoms. The zero-order valence-electron chi connectivity index (χ0n) is 19.3. The Morgan fingerprint density at radius 3 is 2.59 bits per heavy atom. The molecule has 34 heavy (non-hydrogen) atoms. The Morgan fingerprint density at radius 1 is 1.09 bits per heavy atom. The SMILES string of the molecule is COc1cc2c(cc1Nc1nnc(Cl)c(Nc3ccccc3S(=O)(=O)N(C)C)n1)CN(C)CC2. The van der Waals surface area contributed by atoms with Crippen LogP contribution in [0, 0.1) is 0 Å². The second-order valence-electron chi connectivity index (χ2n) is 8.12. The summed E-state index contributed by atoms with van der Waals surface area (Å²) >= 11 is 6.23. The van der Waals surface area contributed by atoms with Gasteiger partial charge in [-0.05, 0) is 48.9 Å². The summed E-state index contributed by atoms with van der Waals surface area (Å²) in [7, 11) is 2.94. The van der Waals surface area contributed by atoms with E-state index in [1.165, 1.54) is 31.3 Å². The van der Waals surface area contributed by atoms with E-state index in [0.717, 1.165) is 23.8 Å². The first-order valence-corrected chi connectivity index (χ1v) is 12.3. The largest absolute Gasteiger partial charge is 0.495 e. The molecule has 3 aromatic rings. The van der Waals surface area contributed by atoms with Crippen LogP contribution in [0.15, 0.2) is 41.3 Å². The van der Waals surface area contributed by atoms with Crippen LogP contribution < -0.4 is 15.4 Å². The number of fused-ring (bicyclic) bond motifs is 1. The molecule has 0 unspecified atom stereocenters. The second-order valence-corrected chi connectivity index (χ2v) is 10.6. The molecule has 0 fully saturated rings. The molecule has 0 saturated heterocycles. The smallest absolute Gasteiger partial charge is 0.249 e. The Hall–Kier alpha value is -2.99. The van der Waals surface area contributed by atoms with E-state index in [0.29, 0.717) is 17.1 Å². The lowest BCUT2D eigenvalue weighted by atomic mass is 9.99. The number of hydrogen-bond acceptors (Lipinski definition) is 9. The monoisotopic (exact) mass is 503 g/mol. The number of sulfonamides is 1. The van der Waals surface area contributed by atoms with E-state index in [2.05, 4.69) is 37.8 Å². The molecule has 4 rings (SSSR count). The number of aromatic nitrogens is 3. The van der Waals surface area contributed by atoms with Crippen molar-refractivity contribution >= 4 is 44.8 Å². The van der Waals surface area contributed by atoms with Gasteiger partial charge in [-0.1, -0.05) is 23.7 Å². The summed E-state index contributed by atoms with van der Waals surface area (Å²) in [5.41, 5.74) is 3.46. The first-order valence-electron chi connectivity index (χ1n) is 10.5. The number of rotatable bonds is 7. The molecular weight excluding hydrogens is 478 g/mol. The molecule has 0 amide bonds. The first kappa shape index (κ1) is 24.1. The number of nitrogens with zero attached hydrogens (tertiary/aromatic N) is 5. The zero-order chi connectivity index (χ0) is 24.5. The Bertz CT molecular complexity index is 1320. The summed E-state index contributed by atoms with van der Waals surface area (Å²) in [6.07, 6.45) is 0.949. The number of benzene rings is 2. The molecular formula is C22H26ClN7O3S. The highest BCUT2D eigenvalue weighted by molar-refractivity contribution is 7.89. The number of nitrogens with one attached hydrogen (secondary N) is 2. The van der Waals surface area contributed by atoms with E-state index in [1.807, 2.05) is 12.1 Å². The number of para-hydroxylation sites is 1. The normalized spacial score (nSPS) is 14.1. The zero-order valence-corrected chi connectivity index (χ0v) is 20.9. The molecule has 12 heteroatoms. The van der Waals surface area contributed by atoms with Gasteiger partial charge in [-0.3, -0.25) is 0 Å². The van der Waals surface area contributed by atoms with Crippen molar-refractivity contribution in [2.24, 2.45) is 0 Å². The van der Waals surface area contributed by atoms with Gasteiger partial charge in [0, 0.05) is 27.2 Å². The standard InChI is InChI=1S/C22H26ClN7O3S/c1-29(2)34(31,32)19-8-6-5-7-16(19)24-21-20(23)27-28-22(26-21)25-17-11-15-13-30(3)10-9-14(15)12-18(17)33-4/h5-8,11-12H,9-10,13H2,1-4H3,(H2,24,25,26,28). The van der Waals surface area contributed by atoms with Crippen molar-refractivity contribution in [3.05, 3.63) is 52.7 Å². The molecule has 0 aliphatic carbocycles. The molecule has 0 saturated carbocycles. The van der Waals surface area contributed by atoms with Crippen LogP contribution in [-0.4, -0.2) is 67.6 Å². The van der Waals surface area contributed by atoms with Gasteiger partial charge in [-0.15, -0.1) is 10.2 Å². The topological polar surface area (TPSA) is 113 Å². The number of anilines is 4. The van der Waals surface area contributed by atoms with Crippen LogP contribution in [0.5, 0.6) is 5.75 Å². The predicted octanol–water partition coefficient (Wildman–Crippen LogP) is 3.26. The van der Waals surface area contributed by atoms with Crippen LogP contribution in [-0.2, 0) is 23.0 Å². The maximum Gasteiger partial charge on any atom is 0.249 e. The third-order valence-corrected chi connectivity index (χ3v) is 7.64. The van der Waals surface area contributed by atoms with Crippen molar-refractivity contribution in [3.8, 4) is 5.75 Å². The Labute approximate surface area is 204 Å². The number of halogens is 1. The lowest BCUT2D eigenvalue weighted by Gasteiger charge is -2.26. The van der Waals surface area contributed by atoms with Gasteiger partial charge in [0.05, 0.1) is 18.5 Å². The molecule has 10 nitrogen and oxygen atoms in total. The number of likely N-dealkylation sites (N-methyl/N-ethyl adjacent to an activating group) is 1. The molecule has 0 radical (unpaired) electrons. The number of methoxy groups -OCH3 is 1. The Morgan fingerprint density at radius 2 is 1.85 bits per heavy atom. The van der Waals surface area contributed by atoms with Crippen molar-refractivity contribution in [3.63, 3.8) is 0 Å². The molecule has 1 aliphatic heterocycles. The average molecular weight is 504 g/mol. The van der Waals surface area contributed by atoms with E-state index in [9.17, 15) is 8.42 Å². The molecule has 180 valence electrons. The molecule has 2 N–H and O–H groups in total. The quantitative estimate of drug-likeness (QED) is 0.501. The van der Waals surface area contributed by atoms with Crippen LogP contribution in [0.1, 0.15) is 11.1 Å². The lowest BCUT2D eigenvalue weighted by Crippen LogP contribution is -2.26. The third-order valence-electron chi connectivity index (χ3n) is 5.52. The maximum absolute atomic E-state index is 12.7. The molecule has 2 heterocycles. The van der Waals surface area contributed by atoms with Gasteiger partial charge in [0.15, 0.2) is 11.0 Å². The predicted molar refractivity (Wildman–Crippen MR) is 132 cm³/mol. The minimum absolute atomic E-state index is 0.00151. The van der Waals surface area contributed by atoms with Crippen molar-refractivity contribution in [2.45, 2.75) is 17.9 Å². The Balaban J connectivity index is 1.66. The first-order chi connectivity index (χ1) is 16.2. The number of ether oxygens (including phenoxy) is 1. The van der Waals surface area contributed by atoms with Crippen molar-refractivity contribution < 1.29 is 13.2 Å². The summed E-state index contributed by atoms with van der Waals surface area (Å²) in [5.74, 6) is 1.01. The van der Waals surface area contributed by atoms with Crippen LogP contribution >= 0.6 is 11.6 Å². The van der Waals surface area contributed by atoms with E-state index in [1.54, 1.807) is 25.3 Å². The third kappa shape index (κ3) is 4.92. The summed E-state index contributed by atoms with van der Waals surface area (Å²) in [5, 5.41) is 14.1. The van der Waals surface area contributed by atoms with Gasteiger partial charge in [-0.2, -0.15) is 4.98 Å². The molecule has 2 aromatic carbocycles. The second kappa shape index (κ2) is 9.71. The molecule has 1 aromatic heterocycles. The highest BCUT2D eigenvalue weighted by atomic mass is 35.5. The fraction of sp³-hybridized carbons (Fsp3) is 0.318. The van der Waals surface area contributed by atoms with Gasteiger partial charge in [0.1, 0.15) is 10.6 Å². The summed E-state index contributed by atoms with van der Waals surface area (Å²) < 4.78 is 32.2. The van der Waals surface area contributed by atoms with E-state index in [-0.39, 0.29) is 21.8 Å². The fourth-order valence-corrected chi connectivity index (χ4v) is 4.85. The van der Waals surface area contributed by atoms with Crippen LogP contribution in [0.3, 0.4) is 0 Å². The maximum atomic E-state index is 12.7. The minimum Gasteiger partial charge on any atom is -0.495 e. The fourth-order valence-electron chi connectivity index (χ4n) is 3.68. The molecule has 1 aliphatic rings. The van der Waals surface area contributed by atoms with Crippen LogP contribution in [0.25, 0.3) is 0 Å². The van der Waals surface area contributed by atoms with E-state index >= 15 is 0 Å². The highest BCUT2D eigenvalue weighted by Gasteiger charge is 2.22. The summed E-state index contributed by atoms with van der Waals surface area (Å²) in [6, 6.07) is 10.5. The summed E-state index contributed by atoms with van der Waals surface area (Å²) in [6.45, 7) is 1.82. The minimum atomic E-state index is -3.69. The van der Waals surface area contributed by atoms with Gasteiger partial charge in [-0.25, -0.2) is 12.7 Å². The van der Waals surface area contributed by atoms with E-state index in [4.69, 9.17) is 16.3 Å². The van der Waals surface area contributed by atoms with Crippen molar-refractivity contribution in [1.82, 2.24) is 24.4 Å². The molecule has 0 atom stereocenters. The highest BCUT2D eigenvalue weighted by Crippen LogP contribution is 2.34. The van der Waals surface area contributed by atoms with Gasteiger partial charge in [0.25, 0.3) is 0 Å². The van der Waals surface area contributed by atoms with Gasteiger partial charge < -0.3 is 20.3 Å². The van der Waals surface area contributed by atoms with Crippen molar-refractivity contribution in [1.29, 1.82) is 0 Å². The van der Waals surface area contributed by atoms with Crippen LogP contribution in [0.4, 0.5) is 23.1 Å². The average Bonchev–Trinajstić information content (AvgIpc) is 2.81. The van der Waals surface area contributed by atoms with Crippen molar-refractivity contribution in [2.75, 3.05) is 45.4 Å². The lowest BCUT2D eigenvalue weighted by molar-refractivity contribution is 0.312.